The van der Waals surface area contributed by atoms with Crippen molar-refractivity contribution in [2.24, 2.45) is 0 Å². The number of benzene rings is 1. The molecule has 3 aromatic rings. The molecule has 0 amide bonds. The number of rotatable bonds is 5. The van der Waals surface area contributed by atoms with Gasteiger partial charge in [-0.15, -0.1) is 11.3 Å². The molecule has 0 saturated carbocycles. The number of nitrogens with zero attached hydrogens (tertiary/aromatic N) is 3. The van der Waals surface area contributed by atoms with Gasteiger partial charge in [0.2, 0.25) is 0 Å². The highest BCUT2D eigenvalue weighted by Crippen LogP contribution is 2.35. The van der Waals surface area contributed by atoms with Crippen molar-refractivity contribution in [3.63, 3.8) is 0 Å². The lowest BCUT2D eigenvalue weighted by atomic mass is 10.2. The largest absolute Gasteiger partial charge is 0.289 e. The summed E-state index contributed by atoms with van der Waals surface area (Å²) in [7, 11) is 0. The first-order chi connectivity index (χ1) is 11.6. The summed E-state index contributed by atoms with van der Waals surface area (Å²) in [5.41, 5.74) is 1.33. The number of nitro groups is 1. The van der Waals surface area contributed by atoms with Crippen molar-refractivity contribution in [1.82, 2.24) is 4.98 Å². The SMILES string of the molecule is O=[N+]([O-])c1ccc(-c2cc(N(c3ccccn3)S(=O)O)cs2)cc1. The van der Waals surface area contributed by atoms with Gasteiger partial charge >= 0.3 is 0 Å². The number of hydrogen-bond acceptors (Lipinski definition) is 5. The molecule has 1 atom stereocenters. The Morgan fingerprint density at radius 1 is 1.21 bits per heavy atom. The molecule has 0 radical (unpaired) electrons. The molecule has 24 heavy (non-hydrogen) atoms. The molecule has 0 saturated heterocycles. The van der Waals surface area contributed by atoms with Gasteiger partial charge in [-0.2, -0.15) is 0 Å². The van der Waals surface area contributed by atoms with Crippen LogP contribution in [0.3, 0.4) is 0 Å². The lowest BCUT2D eigenvalue weighted by Crippen LogP contribution is -2.19. The number of non-ortho nitro benzene ring substituents is 1. The van der Waals surface area contributed by atoms with Gasteiger partial charge in [-0.3, -0.25) is 14.7 Å². The molecule has 0 aliphatic rings. The normalized spacial score (nSPS) is 11.9. The van der Waals surface area contributed by atoms with Gasteiger partial charge < -0.3 is 0 Å². The van der Waals surface area contributed by atoms with E-state index >= 15 is 0 Å². The van der Waals surface area contributed by atoms with Crippen LogP contribution in [0.25, 0.3) is 10.4 Å². The van der Waals surface area contributed by atoms with Crippen LogP contribution in [0.2, 0.25) is 0 Å². The monoisotopic (exact) mass is 361 g/mol. The van der Waals surface area contributed by atoms with E-state index in [0.29, 0.717) is 11.5 Å². The van der Waals surface area contributed by atoms with Crippen molar-refractivity contribution in [2.45, 2.75) is 0 Å². The standard InChI is InChI=1S/C15H11N3O4S2/c19-18(20)12-6-4-11(5-7-12)14-9-13(10-23-14)17(24(21)22)15-3-1-2-8-16-15/h1-10H,(H,21,22). The molecule has 9 heteroatoms. The summed E-state index contributed by atoms with van der Waals surface area (Å²) in [5, 5.41) is 12.4. The molecular weight excluding hydrogens is 350 g/mol. The molecule has 1 unspecified atom stereocenters. The van der Waals surface area contributed by atoms with Crippen molar-refractivity contribution in [1.29, 1.82) is 0 Å². The van der Waals surface area contributed by atoms with Gasteiger partial charge in [-0.25, -0.2) is 13.5 Å². The van der Waals surface area contributed by atoms with Gasteiger partial charge in [0, 0.05) is 28.6 Å². The highest BCUT2D eigenvalue weighted by atomic mass is 32.2. The minimum absolute atomic E-state index is 0.0158. The number of hydrogen-bond donors (Lipinski definition) is 1. The molecule has 0 aliphatic heterocycles. The van der Waals surface area contributed by atoms with Crippen LogP contribution >= 0.6 is 11.3 Å². The molecule has 0 fully saturated rings. The summed E-state index contributed by atoms with van der Waals surface area (Å²) in [6.07, 6.45) is 1.54. The van der Waals surface area contributed by atoms with E-state index in [0.717, 1.165) is 10.4 Å². The molecule has 2 heterocycles. The van der Waals surface area contributed by atoms with Crippen LogP contribution in [0.15, 0.2) is 60.1 Å². The molecule has 122 valence electrons. The van der Waals surface area contributed by atoms with Crippen LogP contribution in [0.5, 0.6) is 0 Å². The first-order valence-electron chi connectivity index (χ1n) is 6.72. The second kappa shape index (κ2) is 6.87. The Morgan fingerprint density at radius 2 is 1.96 bits per heavy atom. The van der Waals surface area contributed by atoms with Gasteiger partial charge in [0.25, 0.3) is 17.0 Å². The van der Waals surface area contributed by atoms with Gasteiger partial charge in [0.05, 0.1) is 10.6 Å². The first kappa shape index (κ1) is 16.2. The van der Waals surface area contributed by atoms with Crippen LogP contribution in [0.4, 0.5) is 17.2 Å². The predicted molar refractivity (Wildman–Crippen MR) is 93.6 cm³/mol. The quantitative estimate of drug-likeness (QED) is 0.421. The topological polar surface area (TPSA) is 96.6 Å². The van der Waals surface area contributed by atoms with E-state index in [2.05, 4.69) is 4.98 Å². The zero-order chi connectivity index (χ0) is 17.1. The van der Waals surface area contributed by atoms with Crippen LogP contribution in [0.1, 0.15) is 0 Å². The van der Waals surface area contributed by atoms with E-state index in [1.807, 2.05) is 0 Å². The number of anilines is 2. The van der Waals surface area contributed by atoms with Crippen LogP contribution in [-0.4, -0.2) is 18.7 Å². The maximum absolute atomic E-state index is 11.7. The minimum Gasteiger partial charge on any atom is -0.289 e. The van der Waals surface area contributed by atoms with Gasteiger partial charge in [-0.05, 0) is 35.9 Å². The summed E-state index contributed by atoms with van der Waals surface area (Å²) in [5.74, 6) is 0.353. The van der Waals surface area contributed by atoms with Gasteiger partial charge in [-0.1, -0.05) is 6.07 Å². The fourth-order valence-corrected chi connectivity index (χ4v) is 3.61. The number of thiophene rings is 1. The highest BCUT2D eigenvalue weighted by molar-refractivity contribution is 7.81. The number of aromatic nitrogens is 1. The maximum atomic E-state index is 11.7. The summed E-state index contributed by atoms with van der Waals surface area (Å²) in [6.45, 7) is 0. The third-order valence-corrected chi connectivity index (χ3v) is 4.87. The molecule has 1 aromatic carbocycles. The molecular formula is C15H11N3O4S2. The Balaban J connectivity index is 1.94. The van der Waals surface area contributed by atoms with Crippen LogP contribution in [-0.2, 0) is 11.3 Å². The van der Waals surface area contributed by atoms with E-state index in [4.69, 9.17) is 0 Å². The van der Waals surface area contributed by atoms with Gasteiger partial charge in [0.1, 0.15) is 5.82 Å². The fraction of sp³-hybridized carbons (Fsp3) is 0. The molecule has 0 spiro atoms. The van der Waals surface area contributed by atoms with Crippen molar-refractivity contribution < 1.29 is 13.7 Å². The second-order valence-corrected chi connectivity index (χ2v) is 6.42. The Kier molecular flexibility index (Phi) is 4.65. The maximum Gasteiger partial charge on any atom is 0.269 e. The molecule has 7 nitrogen and oxygen atoms in total. The van der Waals surface area contributed by atoms with E-state index < -0.39 is 16.2 Å². The van der Waals surface area contributed by atoms with Crippen molar-refractivity contribution in [3.05, 3.63) is 70.2 Å². The smallest absolute Gasteiger partial charge is 0.269 e. The zero-order valence-electron chi connectivity index (χ0n) is 12.1. The van der Waals surface area contributed by atoms with E-state index in [-0.39, 0.29) is 5.69 Å². The average molecular weight is 361 g/mol. The lowest BCUT2D eigenvalue weighted by Gasteiger charge is -2.16. The molecule has 0 aliphatic carbocycles. The minimum atomic E-state index is -2.27. The summed E-state index contributed by atoms with van der Waals surface area (Å²) >= 11 is -0.898. The third kappa shape index (κ3) is 3.32. The van der Waals surface area contributed by atoms with Crippen molar-refractivity contribution in [2.75, 3.05) is 4.31 Å². The lowest BCUT2D eigenvalue weighted by molar-refractivity contribution is -0.384. The van der Waals surface area contributed by atoms with Crippen molar-refractivity contribution in [3.8, 4) is 10.4 Å². The van der Waals surface area contributed by atoms with E-state index in [1.165, 1.54) is 27.8 Å². The first-order valence-corrected chi connectivity index (χ1v) is 8.66. The van der Waals surface area contributed by atoms with Crippen molar-refractivity contribution >= 4 is 39.8 Å². The Bertz CT molecular complexity index is 881. The predicted octanol–water partition coefficient (Wildman–Crippen LogP) is 3.99. The highest BCUT2D eigenvalue weighted by Gasteiger charge is 2.18. The second-order valence-electron chi connectivity index (χ2n) is 4.69. The van der Waals surface area contributed by atoms with Crippen LogP contribution in [0, 0.1) is 10.1 Å². The Morgan fingerprint density at radius 3 is 2.54 bits per heavy atom. The average Bonchev–Trinajstić information content (AvgIpc) is 3.05. The van der Waals surface area contributed by atoms with Crippen LogP contribution < -0.4 is 4.31 Å². The molecule has 3 rings (SSSR count). The number of pyridine rings is 1. The Hall–Kier alpha value is -2.62. The molecule has 0 bridgehead atoms. The van der Waals surface area contributed by atoms with E-state index in [9.17, 15) is 18.9 Å². The van der Waals surface area contributed by atoms with E-state index in [1.54, 1.807) is 48.0 Å². The molecule has 1 N–H and O–H groups in total. The summed E-state index contributed by atoms with van der Waals surface area (Å²) in [4.78, 5) is 15.2. The summed E-state index contributed by atoms with van der Waals surface area (Å²) < 4.78 is 22.5. The fourth-order valence-electron chi connectivity index (χ4n) is 2.11. The third-order valence-electron chi connectivity index (χ3n) is 3.20. The number of nitro benzene ring substituents is 1. The summed E-state index contributed by atoms with van der Waals surface area (Å²) in [6, 6.07) is 13.0. The van der Waals surface area contributed by atoms with Gasteiger partial charge in [0.15, 0.2) is 0 Å². The molecule has 2 aromatic heterocycles. The zero-order valence-corrected chi connectivity index (χ0v) is 13.7. The Labute approximate surface area is 143 Å².